The van der Waals surface area contributed by atoms with Crippen molar-refractivity contribution in [1.82, 2.24) is 4.90 Å². The summed E-state index contributed by atoms with van der Waals surface area (Å²) in [6, 6.07) is 7.46. The van der Waals surface area contributed by atoms with Gasteiger partial charge in [-0.3, -0.25) is 4.79 Å². The Morgan fingerprint density at radius 3 is 2.63 bits per heavy atom. The van der Waals surface area contributed by atoms with Crippen molar-refractivity contribution in [3.63, 3.8) is 0 Å². The molecule has 0 saturated carbocycles. The van der Waals surface area contributed by atoms with Gasteiger partial charge >= 0.3 is 0 Å². The zero-order valence-electron chi connectivity index (χ0n) is 11.3. The Balaban J connectivity index is 2.56. The number of methoxy groups -OCH3 is 1. The predicted molar refractivity (Wildman–Crippen MR) is 78.5 cm³/mol. The van der Waals surface area contributed by atoms with E-state index in [1.807, 2.05) is 24.3 Å². The summed E-state index contributed by atoms with van der Waals surface area (Å²) in [5, 5.41) is 3.08. The summed E-state index contributed by atoms with van der Waals surface area (Å²) < 4.78 is 5.12. The van der Waals surface area contributed by atoms with Crippen LogP contribution in [-0.2, 0) is 4.79 Å². The number of carbonyl (C=O) groups is 1. The Hall–Kier alpha value is -2.23. The lowest BCUT2D eigenvalue weighted by atomic mass is 10.3. The average Bonchev–Trinajstić information content (AvgIpc) is 2.44. The highest BCUT2D eigenvalue weighted by Crippen LogP contribution is 2.16. The van der Waals surface area contributed by atoms with Crippen molar-refractivity contribution >= 4 is 11.6 Å². The molecule has 1 aromatic carbocycles. The Morgan fingerprint density at radius 2 is 2.05 bits per heavy atom. The molecule has 0 fully saturated rings. The van der Waals surface area contributed by atoms with E-state index < -0.39 is 0 Å². The lowest BCUT2D eigenvalue weighted by Crippen LogP contribution is -2.35. The maximum Gasteiger partial charge on any atom is 0.242 e. The van der Waals surface area contributed by atoms with Gasteiger partial charge in [0.1, 0.15) is 5.75 Å². The van der Waals surface area contributed by atoms with Crippen molar-refractivity contribution in [3.8, 4) is 5.75 Å². The fourth-order valence-corrected chi connectivity index (χ4v) is 1.61. The van der Waals surface area contributed by atoms with Gasteiger partial charge in [0.25, 0.3) is 0 Å². The predicted octanol–water partition coefficient (Wildman–Crippen LogP) is 2.31. The minimum absolute atomic E-state index is 0.00243. The van der Waals surface area contributed by atoms with E-state index in [2.05, 4.69) is 18.5 Å². The lowest BCUT2D eigenvalue weighted by molar-refractivity contribution is -0.128. The van der Waals surface area contributed by atoms with Gasteiger partial charge in [-0.25, -0.2) is 0 Å². The van der Waals surface area contributed by atoms with Crippen molar-refractivity contribution in [2.24, 2.45) is 0 Å². The number of nitrogens with one attached hydrogen (secondary N) is 1. The van der Waals surface area contributed by atoms with E-state index in [1.54, 1.807) is 24.2 Å². The summed E-state index contributed by atoms with van der Waals surface area (Å²) in [6.07, 6.45) is 3.40. The normalized spacial score (nSPS) is 9.53. The van der Waals surface area contributed by atoms with Gasteiger partial charge in [0.05, 0.1) is 13.7 Å². The van der Waals surface area contributed by atoms with Gasteiger partial charge < -0.3 is 15.0 Å². The van der Waals surface area contributed by atoms with Gasteiger partial charge in [0.2, 0.25) is 5.91 Å². The molecule has 0 saturated heterocycles. The highest BCUT2D eigenvalue weighted by molar-refractivity contribution is 5.81. The molecule has 1 aromatic rings. The molecule has 4 heteroatoms. The third-order valence-corrected chi connectivity index (χ3v) is 2.57. The molecule has 4 nitrogen and oxygen atoms in total. The van der Waals surface area contributed by atoms with Crippen LogP contribution in [0.3, 0.4) is 0 Å². The summed E-state index contributed by atoms with van der Waals surface area (Å²) in [5.74, 6) is 0.758. The molecule has 0 atom stereocenters. The van der Waals surface area contributed by atoms with Crippen molar-refractivity contribution in [1.29, 1.82) is 0 Å². The molecule has 0 aliphatic heterocycles. The molecule has 19 heavy (non-hydrogen) atoms. The molecule has 0 aliphatic rings. The van der Waals surface area contributed by atoms with E-state index in [-0.39, 0.29) is 12.5 Å². The zero-order valence-corrected chi connectivity index (χ0v) is 11.3. The average molecular weight is 260 g/mol. The Kier molecular flexibility index (Phi) is 6.22. The molecule has 0 radical (unpaired) electrons. The molecule has 0 aromatic heterocycles. The number of rotatable bonds is 8. The summed E-state index contributed by atoms with van der Waals surface area (Å²) in [7, 11) is 1.61. The number of benzene rings is 1. The highest BCUT2D eigenvalue weighted by atomic mass is 16.5. The number of carbonyl (C=O) groups excluding carboxylic acids is 1. The zero-order chi connectivity index (χ0) is 14.1. The molecule has 102 valence electrons. The van der Waals surface area contributed by atoms with Crippen molar-refractivity contribution in [3.05, 3.63) is 49.6 Å². The number of hydrogen-bond acceptors (Lipinski definition) is 3. The molecule has 1 rings (SSSR count). The molecule has 0 unspecified atom stereocenters. The summed E-state index contributed by atoms with van der Waals surface area (Å²) in [6.45, 7) is 8.55. The van der Waals surface area contributed by atoms with Crippen molar-refractivity contribution in [2.75, 3.05) is 32.1 Å². The first-order valence-corrected chi connectivity index (χ1v) is 6.08. The van der Waals surface area contributed by atoms with E-state index in [0.29, 0.717) is 13.1 Å². The van der Waals surface area contributed by atoms with Crippen LogP contribution in [-0.4, -0.2) is 37.6 Å². The monoisotopic (exact) mass is 260 g/mol. The van der Waals surface area contributed by atoms with Crippen LogP contribution in [0, 0.1) is 0 Å². The largest absolute Gasteiger partial charge is 0.497 e. The maximum absolute atomic E-state index is 12.0. The molecule has 0 heterocycles. The number of nitrogens with zero attached hydrogens (tertiary/aromatic N) is 1. The van der Waals surface area contributed by atoms with E-state index >= 15 is 0 Å². The maximum atomic E-state index is 12.0. The third kappa shape index (κ3) is 4.87. The minimum atomic E-state index is 0.00243. The smallest absolute Gasteiger partial charge is 0.242 e. The standard InChI is InChI=1S/C15H20N2O2/c1-4-9-17(10-5-2)15(18)12-16-13-7-6-8-14(11-13)19-3/h4-8,11,16H,1-2,9-10,12H2,3H3. The first kappa shape index (κ1) is 14.8. The molecule has 1 amide bonds. The van der Waals surface area contributed by atoms with Crippen LogP contribution < -0.4 is 10.1 Å². The fraction of sp³-hybridized carbons (Fsp3) is 0.267. The summed E-state index contributed by atoms with van der Waals surface area (Å²) in [5.41, 5.74) is 0.852. The van der Waals surface area contributed by atoms with Crippen LogP contribution in [0.25, 0.3) is 0 Å². The second-order valence-corrected chi connectivity index (χ2v) is 3.96. The second kappa shape index (κ2) is 7.97. The van der Waals surface area contributed by atoms with Crippen LogP contribution in [0.2, 0.25) is 0 Å². The molecule has 0 aliphatic carbocycles. The van der Waals surface area contributed by atoms with E-state index in [0.717, 1.165) is 11.4 Å². The van der Waals surface area contributed by atoms with Gasteiger partial charge in [-0.15, -0.1) is 13.2 Å². The molecular weight excluding hydrogens is 240 g/mol. The second-order valence-electron chi connectivity index (χ2n) is 3.96. The Bertz CT molecular complexity index is 434. The number of ether oxygens (including phenoxy) is 1. The summed E-state index contributed by atoms with van der Waals surface area (Å²) >= 11 is 0. The molecule has 0 bridgehead atoms. The quantitative estimate of drug-likeness (QED) is 0.729. The lowest BCUT2D eigenvalue weighted by Gasteiger charge is -2.19. The van der Waals surface area contributed by atoms with Crippen LogP contribution in [0.5, 0.6) is 5.75 Å². The van der Waals surface area contributed by atoms with Crippen LogP contribution >= 0.6 is 0 Å². The fourth-order valence-electron chi connectivity index (χ4n) is 1.61. The van der Waals surface area contributed by atoms with Gasteiger partial charge in [-0.05, 0) is 12.1 Å². The van der Waals surface area contributed by atoms with Gasteiger partial charge in [-0.1, -0.05) is 18.2 Å². The Labute approximate surface area is 114 Å². The van der Waals surface area contributed by atoms with Gasteiger partial charge in [0.15, 0.2) is 0 Å². The van der Waals surface area contributed by atoms with Crippen molar-refractivity contribution < 1.29 is 9.53 Å². The number of hydrogen-bond donors (Lipinski definition) is 1. The van der Waals surface area contributed by atoms with Gasteiger partial charge in [-0.2, -0.15) is 0 Å². The summed E-state index contributed by atoms with van der Waals surface area (Å²) in [4.78, 5) is 13.7. The Morgan fingerprint density at radius 1 is 1.37 bits per heavy atom. The first-order valence-electron chi connectivity index (χ1n) is 6.08. The van der Waals surface area contributed by atoms with Crippen molar-refractivity contribution in [2.45, 2.75) is 0 Å². The molecule has 1 N–H and O–H groups in total. The van der Waals surface area contributed by atoms with E-state index in [9.17, 15) is 4.79 Å². The van der Waals surface area contributed by atoms with Crippen LogP contribution in [0.4, 0.5) is 5.69 Å². The van der Waals surface area contributed by atoms with E-state index in [1.165, 1.54) is 0 Å². The SMILES string of the molecule is C=CCN(CC=C)C(=O)CNc1cccc(OC)c1. The van der Waals surface area contributed by atoms with Gasteiger partial charge in [0, 0.05) is 24.8 Å². The number of amides is 1. The van der Waals surface area contributed by atoms with Crippen LogP contribution in [0.1, 0.15) is 0 Å². The van der Waals surface area contributed by atoms with Crippen LogP contribution in [0.15, 0.2) is 49.6 Å². The molecule has 0 spiro atoms. The number of anilines is 1. The molecular formula is C15H20N2O2. The third-order valence-electron chi connectivity index (χ3n) is 2.57. The highest BCUT2D eigenvalue weighted by Gasteiger charge is 2.09. The van der Waals surface area contributed by atoms with E-state index in [4.69, 9.17) is 4.74 Å². The topological polar surface area (TPSA) is 41.6 Å². The first-order chi connectivity index (χ1) is 9.21. The minimum Gasteiger partial charge on any atom is -0.497 e.